The van der Waals surface area contributed by atoms with Gasteiger partial charge in [-0.2, -0.15) is 5.10 Å². The number of methoxy groups -OCH3 is 1. The third-order valence-corrected chi connectivity index (χ3v) is 3.72. The second-order valence-electron chi connectivity index (χ2n) is 4.74. The Bertz CT molecular complexity index is 516. The fourth-order valence-electron chi connectivity index (χ4n) is 2.04. The first-order valence-corrected chi connectivity index (χ1v) is 7.77. The number of benzene rings is 1. The van der Waals surface area contributed by atoms with Gasteiger partial charge in [0.25, 0.3) is 0 Å². The molecule has 114 valence electrons. The molecule has 21 heavy (non-hydrogen) atoms. The molecule has 0 aromatic heterocycles. The number of esters is 1. The number of halogens is 1. The predicted molar refractivity (Wildman–Crippen MR) is 85.3 cm³/mol. The van der Waals surface area contributed by atoms with Crippen molar-refractivity contribution in [3.63, 3.8) is 0 Å². The Kier molecular flexibility index (Phi) is 5.76. The lowest BCUT2D eigenvalue weighted by Gasteiger charge is -2.23. The lowest BCUT2D eigenvalue weighted by atomic mass is 10.2. The van der Waals surface area contributed by atoms with Crippen molar-refractivity contribution in [1.82, 2.24) is 0 Å². The summed E-state index contributed by atoms with van der Waals surface area (Å²) in [6, 6.07) is 7.74. The van der Waals surface area contributed by atoms with E-state index in [1.54, 1.807) is 5.01 Å². The molecule has 0 spiro atoms. The van der Waals surface area contributed by atoms with E-state index >= 15 is 0 Å². The zero-order valence-electron chi connectivity index (χ0n) is 12.2. The molecule has 0 aliphatic carbocycles. The molecule has 1 aliphatic heterocycles. The van der Waals surface area contributed by atoms with Crippen molar-refractivity contribution >= 4 is 33.3 Å². The topological polar surface area (TPSA) is 51.1 Å². The molecule has 1 unspecified atom stereocenters. The number of anilines is 1. The summed E-state index contributed by atoms with van der Waals surface area (Å²) in [6.45, 7) is 2.76. The first-order chi connectivity index (χ1) is 10.2. The molecule has 1 aromatic carbocycles. The van der Waals surface area contributed by atoms with Gasteiger partial charge < -0.3 is 9.47 Å². The lowest BCUT2D eigenvalue weighted by molar-refractivity contribution is -0.132. The van der Waals surface area contributed by atoms with Crippen LogP contribution in [0.15, 0.2) is 33.8 Å². The van der Waals surface area contributed by atoms with Gasteiger partial charge in [-0.3, -0.25) is 0 Å². The van der Waals surface area contributed by atoms with Gasteiger partial charge in [-0.1, -0.05) is 29.3 Å². The van der Waals surface area contributed by atoms with Crippen molar-refractivity contribution < 1.29 is 14.3 Å². The molecule has 2 rings (SSSR count). The first kappa shape index (κ1) is 16.0. The van der Waals surface area contributed by atoms with Gasteiger partial charge >= 0.3 is 5.97 Å². The average molecular weight is 355 g/mol. The quantitative estimate of drug-likeness (QED) is 0.580. The Morgan fingerprint density at radius 2 is 2.14 bits per heavy atom. The molecule has 0 radical (unpaired) electrons. The summed E-state index contributed by atoms with van der Waals surface area (Å²) in [4.78, 5) is 11.7. The molecule has 1 aliphatic rings. The summed E-state index contributed by atoms with van der Waals surface area (Å²) in [5.41, 5.74) is 1.28. The van der Waals surface area contributed by atoms with Crippen LogP contribution in [0.1, 0.15) is 26.2 Å². The second-order valence-corrected chi connectivity index (χ2v) is 5.66. The van der Waals surface area contributed by atoms with Gasteiger partial charge in [-0.25, -0.2) is 9.80 Å². The Morgan fingerprint density at radius 1 is 1.43 bits per heavy atom. The van der Waals surface area contributed by atoms with Crippen molar-refractivity contribution in [2.45, 2.75) is 32.4 Å². The van der Waals surface area contributed by atoms with Gasteiger partial charge in [0.15, 0.2) is 11.9 Å². The van der Waals surface area contributed by atoms with Crippen LogP contribution >= 0.6 is 15.9 Å². The fraction of sp³-hybridized carbons (Fsp3) is 0.467. The monoisotopic (exact) mass is 354 g/mol. The van der Waals surface area contributed by atoms with Crippen molar-refractivity contribution in [3.05, 3.63) is 28.7 Å². The molecule has 1 atom stereocenters. The van der Waals surface area contributed by atoms with Crippen LogP contribution in [0.3, 0.4) is 0 Å². The maximum atomic E-state index is 11.7. The minimum Gasteiger partial charge on any atom is -0.464 e. The van der Waals surface area contributed by atoms with Crippen LogP contribution in [-0.4, -0.2) is 31.6 Å². The molecule has 6 heteroatoms. The number of ether oxygens (including phenoxy) is 2. The van der Waals surface area contributed by atoms with Gasteiger partial charge in [0, 0.05) is 17.5 Å². The summed E-state index contributed by atoms with van der Waals surface area (Å²) in [5.74, 6) is -0.404. The van der Waals surface area contributed by atoms with Crippen LogP contribution < -0.4 is 5.01 Å². The molecule has 1 aromatic rings. The molecular formula is C15H19BrN2O3. The Hall–Kier alpha value is -1.40. The number of rotatable bonds is 6. The maximum Gasteiger partial charge on any atom is 0.354 e. The molecule has 0 saturated heterocycles. The number of hydrogen-bond acceptors (Lipinski definition) is 5. The highest BCUT2D eigenvalue weighted by Crippen LogP contribution is 2.27. The van der Waals surface area contributed by atoms with Crippen molar-refractivity contribution in [2.24, 2.45) is 5.10 Å². The second kappa shape index (κ2) is 7.56. The van der Waals surface area contributed by atoms with Crippen LogP contribution in [0.25, 0.3) is 0 Å². The van der Waals surface area contributed by atoms with Crippen molar-refractivity contribution in [2.75, 3.05) is 18.7 Å². The smallest absolute Gasteiger partial charge is 0.354 e. The molecule has 0 amide bonds. The molecule has 0 fully saturated rings. The molecular weight excluding hydrogens is 336 g/mol. The van der Waals surface area contributed by atoms with Gasteiger partial charge in [0.2, 0.25) is 0 Å². The zero-order chi connectivity index (χ0) is 15.2. The first-order valence-electron chi connectivity index (χ1n) is 6.98. The minimum absolute atomic E-state index is 0.258. The number of carbonyl (C=O) groups is 1. The highest BCUT2D eigenvalue weighted by Gasteiger charge is 2.32. The van der Waals surface area contributed by atoms with E-state index in [0.29, 0.717) is 18.7 Å². The van der Waals surface area contributed by atoms with Crippen LogP contribution in [0.4, 0.5) is 5.69 Å². The Morgan fingerprint density at radius 3 is 2.76 bits per heavy atom. The Balaban J connectivity index is 2.16. The standard InChI is InChI=1S/C15H19BrN2O3/c1-3-4-9-21-14-10-13(15(19)20-2)17-18(14)12-7-5-11(16)6-8-12/h5-8,14H,3-4,9-10H2,1-2H3. The van der Waals surface area contributed by atoms with E-state index in [1.807, 2.05) is 24.3 Å². The SMILES string of the molecule is CCCCOC1CC(C(=O)OC)=NN1c1ccc(Br)cc1. The fourth-order valence-corrected chi connectivity index (χ4v) is 2.30. The van der Waals surface area contributed by atoms with E-state index in [4.69, 9.17) is 9.47 Å². The van der Waals surface area contributed by atoms with E-state index in [9.17, 15) is 4.79 Å². The van der Waals surface area contributed by atoms with Gasteiger partial charge in [-0.15, -0.1) is 0 Å². The number of carbonyl (C=O) groups excluding carboxylic acids is 1. The van der Waals surface area contributed by atoms with E-state index in [-0.39, 0.29) is 6.23 Å². The largest absolute Gasteiger partial charge is 0.464 e. The van der Waals surface area contributed by atoms with Crippen molar-refractivity contribution in [1.29, 1.82) is 0 Å². The predicted octanol–water partition coefficient (Wildman–Crippen LogP) is 3.33. The summed E-state index contributed by atoms with van der Waals surface area (Å²) < 4.78 is 11.6. The van der Waals surface area contributed by atoms with E-state index in [2.05, 4.69) is 28.0 Å². The average Bonchev–Trinajstić information content (AvgIpc) is 2.92. The van der Waals surface area contributed by atoms with E-state index < -0.39 is 5.97 Å². The van der Waals surface area contributed by atoms with Gasteiger partial charge in [-0.05, 0) is 30.7 Å². The molecule has 0 N–H and O–H groups in total. The zero-order valence-corrected chi connectivity index (χ0v) is 13.8. The van der Waals surface area contributed by atoms with Crippen LogP contribution in [0.2, 0.25) is 0 Å². The van der Waals surface area contributed by atoms with Crippen LogP contribution in [0, 0.1) is 0 Å². The van der Waals surface area contributed by atoms with E-state index in [1.165, 1.54) is 7.11 Å². The summed E-state index contributed by atoms with van der Waals surface area (Å²) in [7, 11) is 1.36. The third-order valence-electron chi connectivity index (χ3n) is 3.19. The number of hydrazone groups is 1. The van der Waals surface area contributed by atoms with Gasteiger partial charge in [0.05, 0.1) is 12.8 Å². The normalized spacial score (nSPS) is 17.8. The number of hydrogen-bond donors (Lipinski definition) is 0. The van der Waals surface area contributed by atoms with Crippen LogP contribution in [0.5, 0.6) is 0 Å². The number of unbranched alkanes of at least 4 members (excludes halogenated alkanes) is 1. The van der Waals surface area contributed by atoms with Crippen molar-refractivity contribution in [3.8, 4) is 0 Å². The lowest BCUT2D eigenvalue weighted by Crippen LogP contribution is -2.29. The molecule has 1 heterocycles. The van der Waals surface area contributed by atoms with Crippen LogP contribution in [-0.2, 0) is 14.3 Å². The van der Waals surface area contributed by atoms with Gasteiger partial charge in [0.1, 0.15) is 0 Å². The minimum atomic E-state index is -0.404. The highest BCUT2D eigenvalue weighted by atomic mass is 79.9. The van der Waals surface area contributed by atoms with E-state index in [0.717, 1.165) is 23.0 Å². The highest BCUT2D eigenvalue weighted by molar-refractivity contribution is 9.10. The summed E-state index contributed by atoms with van der Waals surface area (Å²) >= 11 is 3.41. The maximum absolute atomic E-state index is 11.7. The number of nitrogens with zero attached hydrogens (tertiary/aromatic N) is 2. The molecule has 5 nitrogen and oxygen atoms in total. The third kappa shape index (κ3) is 4.04. The molecule has 0 saturated carbocycles. The summed E-state index contributed by atoms with van der Waals surface area (Å²) in [6.07, 6.45) is 2.23. The Labute approximate surface area is 133 Å². The molecule has 0 bridgehead atoms. The summed E-state index contributed by atoms with van der Waals surface area (Å²) in [5, 5.41) is 6.10.